The van der Waals surface area contributed by atoms with E-state index in [0.717, 1.165) is 17.3 Å². The normalized spacial score (nSPS) is 23.7. The van der Waals surface area contributed by atoms with Gasteiger partial charge in [-0.05, 0) is 41.0 Å². The summed E-state index contributed by atoms with van der Waals surface area (Å²) in [6.45, 7) is 2.42. The number of rotatable bonds is 3. The van der Waals surface area contributed by atoms with Crippen LogP contribution < -0.4 is 0 Å². The molecular weight excluding hydrogens is 470 g/mol. The van der Waals surface area contributed by atoms with E-state index in [9.17, 15) is 13.6 Å². The van der Waals surface area contributed by atoms with Crippen molar-refractivity contribution in [1.82, 2.24) is 35.0 Å². The number of benzene rings is 1. The highest BCUT2D eigenvalue weighted by atomic mass is 19.1. The average molecular weight is 492 g/mol. The summed E-state index contributed by atoms with van der Waals surface area (Å²) in [6, 6.07) is 7.77. The van der Waals surface area contributed by atoms with Gasteiger partial charge in [0.25, 0.3) is 0 Å². The van der Waals surface area contributed by atoms with Crippen LogP contribution in [-0.2, 0) is 16.0 Å². The Balaban J connectivity index is 1.12. The molecule has 2 unspecified atom stereocenters. The van der Waals surface area contributed by atoms with Crippen molar-refractivity contribution in [2.24, 2.45) is 0 Å². The molecule has 2 aromatic heterocycles. The summed E-state index contributed by atoms with van der Waals surface area (Å²) in [6.07, 6.45) is 2.30. The quantitative estimate of drug-likeness (QED) is 0.541. The molecule has 3 atom stereocenters. The predicted octanol–water partition coefficient (Wildman–Crippen LogP) is 1.52. The third-order valence-electron chi connectivity index (χ3n) is 7.31. The van der Waals surface area contributed by atoms with E-state index >= 15 is 0 Å². The number of nitrogens with zero attached hydrogens (tertiary/aromatic N) is 8. The number of carbonyl (C=O) groups excluding carboxylic acids is 1. The first-order chi connectivity index (χ1) is 17.5. The van der Waals surface area contributed by atoms with Crippen LogP contribution in [0.1, 0.15) is 40.8 Å². The van der Waals surface area contributed by atoms with Crippen LogP contribution in [0.3, 0.4) is 0 Å². The molecule has 0 N–H and O–H groups in total. The molecule has 2 fully saturated rings. The highest BCUT2D eigenvalue weighted by Gasteiger charge is 2.40. The maximum atomic E-state index is 14.7. The Bertz CT molecular complexity index is 1360. The maximum absolute atomic E-state index is 14.7. The van der Waals surface area contributed by atoms with Crippen LogP contribution in [0.5, 0.6) is 0 Å². The van der Waals surface area contributed by atoms with Crippen LogP contribution in [-0.4, -0.2) is 79.7 Å². The molecule has 0 bridgehead atoms. The van der Waals surface area contributed by atoms with E-state index < -0.39 is 23.3 Å². The maximum Gasteiger partial charge on any atom is 0.230 e. The number of hydrogen-bond donors (Lipinski definition) is 0. The third kappa shape index (κ3) is 3.81. The van der Waals surface area contributed by atoms with Crippen LogP contribution >= 0.6 is 0 Å². The van der Waals surface area contributed by atoms with Crippen molar-refractivity contribution in [3.05, 3.63) is 64.6 Å². The molecule has 184 valence electrons. The first-order valence-electron chi connectivity index (χ1n) is 11.8. The number of tetrazole rings is 1. The van der Waals surface area contributed by atoms with Crippen molar-refractivity contribution in [2.75, 3.05) is 32.8 Å². The van der Waals surface area contributed by atoms with E-state index in [2.05, 4.69) is 25.4 Å². The molecule has 2 saturated heterocycles. The second kappa shape index (κ2) is 9.00. The molecule has 4 heterocycles. The van der Waals surface area contributed by atoms with Gasteiger partial charge in [0.05, 0.1) is 24.7 Å². The van der Waals surface area contributed by atoms with Crippen LogP contribution in [0.4, 0.5) is 8.78 Å². The van der Waals surface area contributed by atoms with Gasteiger partial charge in [0, 0.05) is 37.4 Å². The number of ether oxygens (including phenoxy) is 1. The Hall–Kier alpha value is -3.82. The number of nitriles is 1. The molecule has 3 aliphatic rings. The zero-order valence-corrected chi connectivity index (χ0v) is 19.2. The summed E-state index contributed by atoms with van der Waals surface area (Å²) in [5.41, 5.74) is 1.42. The van der Waals surface area contributed by atoms with Crippen LogP contribution in [0.15, 0.2) is 30.6 Å². The van der Waals surface area contributed by atoms with Crippen LogP contribution in [0, 0.1) is 23.0 Å². The van der Waals surface area contributed by atoms with Crippen molar-refractivity contribution in [2.45, 2.75) is 30.9 Å². The lowest BCUT2D eigenvalue weighted by molar-refractivity contribution is -0.141. The molecule has 0 spiro atoms. The van der Waals surface area contributed by atoms with Gasteiger partial charge in [0.2, 0.25) is 5.91 Å². The number of aromatic nitrogens is 5. The molecule has 12 heteroatoms. The number of piperazine rings is 1. The van der Waals surface area contributed by atoms with Gasteiger partial charge in [-0.2, -0.15) is 9.94 Å². The number of hydrogen-bond acceptors (Lipinski definition) is 8. The Labute approximate surface area is 205 Å². The molecule has 10 nitrogen and oxygen atoms in total. The first-order valence-corrected chi connectivity index (χ1v) is 11.8. The lowest BCUT2D eigenvalue weighted by Gasteiger charge is -2.46. The molecule has 1 aliphatic carbocycles. The largest absolute Gasteiger partial charge is 0.370 e. The molecule has 0 saturated carbocycles. The van der Waals surface area contributed by atoms with E-state index in [-0.39, 0.29) is 23.4 Å². The monoisotopic (exact) mass is 492 g/mol. The van der Waals surface area contributed by atoms with Crippen molar-refractivity contribution in [3.63, 3.8) is 0 Å². The number of carbonyl (C=O) groups is 1. The lowest BCUT2D eigenvalue weighted by atomic mass is 9.98. The Morgan fingerprint density at radius 1 is 1.14 bits per heavy atom. The number of pyridine rings is 1. The second-order valence-electron chi connectivity index (χ2n) is 9.24. The van der Waals surface area contributed by atoms with Gasteiger partial charge in [0.1, 0.15) is 29.6 Å². The number of halogens is 2. The molecular formula is C24H22F2N8O2. The van der Waals surface area contributed by atoms with Crippen LogP contribution in [0.25, 0.3) is 5.82 Å². The standard InChI is InChI=1S/C24H22F2N8O2/c25-19-4-1-17(23(26)18(19)9-27)21-11-32-7-8-33(10-14(32)12-36-21)24(35)16-2-5-20-15(16)3-6-22(29-20)34-13-28-30-31-34/h1,3-4,6,13-14,16,21H,2,5,7-8,10-12H2/t14-,16?,21?/m1/s1. The fourth-order valence-electron chi connectivity index (χ4n) is 5.42. The fraction of sp³-hybridized carbons (Fsp3) is 0.417. The van der Waals surface area contributed by atoms with Gasteiger partial charge in [-0.1, -0.05) is 12.1 Å². The van der Waals surface area contributed by atoms with Crippen molar-refractivity contribution < 1.29 is 18.3 Å². The minimum Gasteiger partial charge on any atom is -0.370 e. The summed E-state index contributed by atoms with van der Waals surface area (Å²) in [7, 11) is 0. The van der Waals surface area contributed by atoms with Gasteiger partial charge in [-0.15, -0.1) is 5.10 Å². The van der Waals surface area contributed by atoms with Crippen molar-refractivity contribution >= 4 is 5.91 Å². The summed E-state index contributed by atoms with van der Waals surface area (Å²) in [5.74, 6) is -1.29. The van der Waals surface area contributed by atoms with E-state index in [4.69, 9.17) is 10.00 Å². The minimum absolute atomic E-state index is 0.0147. The average Bonchev–Trinajstić information content (AvgIpc) is 3.58. The molecule has 1 amide bonds. The molecule has 36 heavy (non-hydrogen) atoms. The zero-order chi connectivity index (χ0) is 24.8. The third-order valence-corrected chi connectivity index (χ3v) is 7.31. The minimum atomic E-state index is -0.880. The van der Waals surface area contributed by atoms with Crippen molar-refractivity contribution in [1.29, 1.82) is 5.26 Å². The highest BCUT2D eigenvalue weighted by Crippen LogP contribution is 2.35. The summed E-state index contributed by atoms with van der Waals surface area (Å²) in [4.78, 5) is 22.2. The second-order valence-corrected chi connectivity index (χ2v) is 9.24. The van der Waals surface area contributed by atoms with Gasteiger partial charge in [-0.25, -0.2) is 13.8 Å². The topological polar surface area (TPSA) is 113 Å². The molecule has 0 radical (unpaired) electrons. The smallest absolute Gasteiger partial charge is 0.230 e. The van der Waals surface area contributed by atoms with Gasteiger partial charge < -0.3 is 9.64 Å². The summed E-state index contributed by atoms with van der Waals surface area (Å²) in [5, 5.41) is 20.2. The highest BCUT2D eigenvalue weighted by molar-refractivity contribution is 5.85. The van der Waals surface area contributed by atoms with Crippen LogP contribution in [0.2, 0.25) is 0 Å². The van der Waals surface area contributed by atoms with Crippen molar-refractivity contribution in [3.8, 4) is 11.9 Å². The van der Waals surface area contributed by atoms with Gasteiger partial charge in [0.15, 0.2) is 5.82 Å². The Morgan fingerprint density at radius 3 is 2.81 bits per heavy atom. The summed E-state index contributed by atoms with van der Waals surface area (Å²) >= 11 is 0. The Morgan fingerprint density at radius 2 is 2.00 bits per heavy atom. The van der Waals surface area contributed by atoms with E-state index in [0.29, 0.717) is 51.4 Å². The fourth-order valence-corrected chi connectivity index (χ4v) is 5.42. The lowest BCUT2D eigenvalue weighted by Crippen LogP contribution is -2.60. The molecule has 3 aromatic rings. The molecule has 1 aromatic carbocycles. The molecule has 2 aliphatic heterocycles. The van der Waals surface area contributed by atoms with Gasteiger partial charge >= 0.3 is 0 Å². The van der Waals surface area contributed by atoms with E-state index in [1.54, 1.807) is 6.07 Å². The number of amides is 1. The van der Waals surface area contributed by atoms with E-state index in [1.165, 1.54) is 17.1 Å². The first kappa shape index (κ1) is 22.6. The SMILES string of the molecule is N#Cc1c(F)ccc(C2CN3CCN(C(=O)C4CCc5nc(-n6cnnn6)ccc54)C[C@@H]3CO2)c1F. The van der Waals surface area contributed by atoms with E-state index in [1.807, 2.05) is 17.0 Å². The number of morpholine rings is 1. The zero-order valence-electron chi connectivity index (χ0n) is 19.2. The predicted molar refractivity (Wildman–Crippen MR) is 120 cm³/mol. The number of fused-ring (bicyclic) bond motifs is 2. The Kier molecular flexibility index (Phi) is 5.66. The summed E-state index contributed by atoms with van der Waals surface area (Å²) < 4.78 is 35.8. The van der Waals surface area contributed by atoms with Gasteiger partial charge in [-0.3, -0.25) is 9.69 Å². The molecule has 6 rings (SSSR count). The number of aryl methyl sites for hydroxylation is 1.